The number of fused-ring (bicyclic) bond motifs is 14. The lowest BCUT2D eigenvalue weighted by molar-refractivity contribution is -0.160. The van der Waals surface area contributed by atoms with Crippen molar-refractivity contribution in [3.8, 4) is 23.0 Å². The number of rotatable bonds is 10. The van der Waals surface area contributed by atoms with Gasteiger partial charge in [-0.15, -0.1) is 0 Å². The van der Waals surface area contributed by atoms with Crippen LogP contribution in [0.2, 0.25) is 0 Å². The second kappa shape index (κ2) is 20.4. The highest BCUT2D eigenvalue weighted by molar-refractivity contribution is 6.23. The van der Waals surface area contributed by atoms with E-state index in [2.05, 4.69) is 17.4 Å². The summed E-state index contributed by atoms with van der Waals surface area (Å²) in [5.41, 5.74) is -0.549. The van der Waals surface area contributed by atoms with E-state index in [4.69, 9.17) is 23.8 Å². The third-order valence-corrected chi connectivity index (χ3v) is 11.6. The minimum atomic E-state index is -2.06. The van der Waals surface area contributed by atoms with E-state index in [0.29, 0.717) is 0 Å². The molecule has 2 aromatic carbocycles. The van der Waals surface area contributed by atoms with Crippen molar-refractivity contribution in [2.45, 2.75) is 125 Å². The first-order valence-corrected chi connectivity index (χ1v) is 20.6. The average Bonchev–Trinajstić information content (AvgIpc) is 3.47. The summed E-state index contributed by atoms with van der Waals surface area (Å²) in [5, 5.41) is 64.2. The number of esters is 1. The zero-order chi connectivity index (χ0) is 44.6. The lowest BCUT2D eigenvalue weighted by Gasteiger charge is -2.38. The number of amides is 1. The molecule has 0 saturated heterocycles. The highest BCUT2D eigenvalue weighted by atomic mass is 16.7. The standard InChI is InChI=1S/C45H62N2O13/c1-11-12-13-14-15-20-58-46-22-30-35-40(53)33-32(39(30)52)34-42(28(7)38(33)51)60-45(9,43(34)54)57-21-19-31(56-10)25(4)41(59-29(8)48)27(6)37(50)26(5)36(49)23(2)17-16-18-24(3)44(55)47-35/h16-19,21-23,25-27,31,36-37,41,49-53H,11-15,20H2,1-10H3,(H,47,55)/b17-16+,21-19+,24-18+,46-22+/t23-,25+,26+,27+,31-,36-,37+,41+,45-/m0/s1. The highest BCUT2D eigenvalue weighted by Gasteiger charge is 2.50. The number of aliphatic hydroxyl groups excluding tert-OH is 2. The summed E-state index contributed by atoms with van der Waals surface area (Å²) in [6, 6.07) is 0. The van der Waals surface area contributed by atoms with Crippen LogP contribution >= 0.6 is 0 Å². The maximum Gasteiger partial charge on any atom is 0.312 e. The number of ether oxygens (including phenoxy) is 4. The molecule has 0 aromatic heterocycles. The van der Waals surface area contributed by atoms with Crippen LogP contribution in [-0.2, 0) is 28.6 Å². The summed E-state index contributed by atoms with van der Waals surface area (Å²) in [5.74, 6) is -8.55. The molecule has 9 atom stereocenters. The lowest BCUT2D eigenvalue weighted by atomic mass is 9.78. The molecule has 0 spiro atoms. The van der Waals surface area contributed by atoms with Gasteiger partial charge >= 0.3 is 11.8 Å². The Kier molecular flexibility index (Phi) is 16.2. The third kappa shape index (κ3) is 10.1. The number of unbranched alkanes of at least 4 members (excludes halogenated alkanes) is 4. The number of hydrogen-bond donors (Lipinski definition) is 6. The van der Waals surface area contributed by atoms with Gasteiger partial charge in [0.1, 0.15) is 30.0 Å². The number of carbonyl (C=O) groups excluding carboxylic acids is 3. The number of ketones is 1. The number of allylic oxidation sites excluding steroid dienone is 2. The van der Waals surface area contributed by atoms with Gasteiger partial charge in [0.15, 0.2) is 5.75 Å². The summed E-state index contributed by atoms with van der Waals surface area (Å²) in [6.07, 6.45) is 9.45. The number of methoxy groups -OCH3 is 1. The van der Waals surface area contributed by atoms with E-state index in [0.717, 1.165) is 38.3 Å². The summed E-state index contributed by atoms with van der Waals surface area (Å²) in [6.45, 7) is 14.8. The minimum absolute atomic E-state index is 0.0411. The van der Waals surface area contributed by atoms with Gasteiger partial charge in [-0.25, -0.2) is 0 Å². The predicted molar refractivity (Wildman–Crippen MR) is 226 cm³/mol. The first kappa shape index (κ1) is 47.6. The number of aliphatic hydroxyl groups is 2. The smallest absolute Gasteiger partial charge is 0.312 e. The molecule has 3 aliphatic rings. The number of oxime groups is 1. The number of nitrogens with zero attached hydrogens (tertiary/aromatic N) is 1. The molecule has 5 rings (SSSR count). The Balaban J connectivity index is 1.92. The fourth-order valence-electron chi connectivity index (χ4n) is 7.79. The molecule has 15 heteroatoms. The second-order valence-electron chi connectivity index (χ2n) is 16.1. The largest absolute Gasteiger partial charge is 0.507 e. The Morgan fingerprint density at radius 2 is 1.62 bits per heavy atom. The molecule has 3 heterocycles. The van der Waals surface area contributed by atoms with Crippen LogP contribution in [0.15, 0.2) is 41.3 Å². The van der Waals surface area contributed by atoms with E-state index in [1.807, 2.05) is 0 Å². The van der Waals surface area contributed by atoms with Crippen LogP contribution in [0.3, 0.4) is 0 Å². The van der Waals surface area contributed by atoms with E-state index in [-0.39, 0.29) is 51.1 Å². The Morgan fingerprint density at radius 3 is 2.27 bits per heavy atom. The number of benzene rings is 2. The van der Waals surface area contributed by atoms with Gasteiger partial charge in [-0.05, 0) is 32.8 Å². The molecule has 2 aromatic rings. The molecule has 0 aliphatic carbocycles. The van der Waals surface area contributed by atoms with Crippen molar-refractivity contribution in [2.75, 3.05) is 19.0 Å². The molecule has 0 fully saturated rings. The number of aromatic hydroxyl groups is 3. The van der Waals surface area contributed by atoms with Crippen molar-refractivity contribution < 1.29 is 63.7 Å². The molecule has 0 radical (unpaired) electrons. The van der Waals surface area contributed by atoms with Gasteiger partial charge in [-0.3, -0.25) is 14.4 Å². The monoisotopic (exact) mass is 838 g/mol. The summed E-state index contributed by atoms with van der Waals surface area (Å²) < 4.78 is 23.5. The van der Waals surface area contributed by atoms with Crippen LogP contribution < -0.4 is 10.1 Å². The minimum Gasteiger partial charge on any atom is -0.507 e. The molecular formula is C45H62N2O13. The third-order valence-electron chi connectivity index (χ3n) is 11.6. The maximum absolute atomic E-state index is 14.4. The first-order chi connectivity index (χ1) is 28.3. The van der Waals surface area contributed by atoms with Gasteiger partial charge in [0.25, 0.3) is 11.7 Å². The first-order valence-electron chi connectivity index (χ1n) is 20.6. The van der Waals surface area contributed by atoms with Crippen molar-refractivity contribution >= 4 is 40.3 Å². The van der Waals surface area contributed by atoms with Gasteiger partial charge < -0.3 is 54.6 Å². The second-order valence-corrected chi connectivity index (χ2v) is 16.1. The number of Topliss-reactive ketones (excluding diaryl/α,β-unsaturated/α-hetero) is 1. The highest BCUT2D eigenvalue weighted by Crippen LogP contribution is 2.55. The van der Waals surface area contributed by atoms with Crippen molar-refractivity contribution in [3.05, 3.63) is 52.8 Å². The molecule has 15 nitrogen and oxygen atoms in total. The van der Waals surface area contributed by atoms with Crippen LogP contribution in [0, 0.1) is 30.6 Å². The zero-order valence-corrected chi connectivity index (χ0v) is 36.3. The summed E-state index contributed by atoms with van der Waals surface area (Å²) in [7, 11) is 1.43. The van der Waals surface area contributed by atoms with Gasteiger partial charge in [0.2, 0.25) is 0 Å². The molecule has 3 aliphatic heterocycles. The molecule has 0 unspecified atom stereocenters. The molecule has 60 heavy (non-hydrogen) atoms. The molecule has 330 valence electrons. The maximum atomic E-state index is 14.4. The van der Waals surface area contributed by atoms with E-state index < -0.39 is 88.8 Å². The number of carbonyl (C=O) groups is 3. The molecule has 0 saturated carbocycles. The van der Waals surface area contributed by atoms with Crippen LogP contribution in [0.5, 0.6) is 23.0 Å². The number of phenols is 3. The van der Waals surface area contributed by atoms with Gasteiger partial charge in [0.05, 0.1) is 53.0 Å². The Morgan fingerprint density at radius 1 is 0.933 bits per heavy atom. The van der Waals surface area contributed by atoms with Gasteiger partial charge in [-0.1, -0.05) is 77.3 Å². The van der Waals surface area contributed by atoms with Crippen LogP contribution in [0.4, 0.5) is 5.69 Å². The normalized spacial score (nSPS) is 29.8. The summed E-state index contributed by atoms with van der Waals surface area (Å²) in [4.78, 5) is 45.9. The fraction of sp³-hybridized carbons (Fsp3) is 0.556. The molecule has 1 amide bonds. The predicted octanol–water partition coefficient (Wildman–Crippen LogP) is 7.08. The van der Waals surface area contributed by atoms with Crippen molar-refractivity contribution in [1.29, 1.82) is 0 Å². The van der Waals surface area contributed by atoms with Crippen LogP contribution in [0.25, 0.3) is 10.8 Å². The lowest BCUT2D eigenvalue weighted by Crippen LogP contribution is -2.46. The quantitative estimate of drug-likeness (QED) is 0.0352. The Hall–Kier alpha value is -5.12. The van der Waals surface area contributed by atoms with Gasteiger partial charge in [-0.2, -0.15) is 0 Å². The fourth-order valence-corrected chi connectivity index (χ4v) is 7.79. The zero-order valence-electron chi connectivity index (χ0n) is 36.3. The van der Waals surface area contributed by atoms with Gasteiger partial charge in [0, 0.05) is 61.2 Å². The topological polar surface area (TPSA) is 223 Å². The van der Waals surface area contributed by atoms with Crippen LogP contribution in [-0.4, -0.2) is 93.3 Å². The molecular weight excluding hydrogens is 776 g/mol. The molecule has 6 N–H and O–H groups in total. The number of phenolic OH excluding ortho intramolecular Hbond substituents is 3. The van der Waals surface area contributed by atoms with Crippen molar-refractivity contribution in [2.24, 2.45) is 28.8 Å². The van der Waals surface area contributed by atoms with E-state index in [9.17, 15) is 39.9 Å². The Bertz CT molecular complexity index is 2020. The van der Waals surface area contributed by atoms with E-state index in [1.165, 1.54) is 53.2 Å². The summed E-state index contributed by atoms with van der Waals surface area (Å²) >= 11 is 0. The van der Waals surface area contributed by atoms with E-state index in [1.54, 1.807) is 39.8 Å². The van der Waals surface area contributed by atoms with Crippen molar-refractivity contribution in [1.82, 2.24) is 0 Å². The average molecular weight is 839 g/mol. The Labute approximate surface area is 351 Å². The number of hydrogen-bond acceptors (Lipinski definition) is 14. The molecule has 5 bridgehead atoms. The number of anilines is 1. The number of nitrogens with one attached hydrogen (secondary N) is 1. The van der Waals surface area contributed by atoms with Crippen LogP contribution in [0.1, 0.15) is 109 Å². The SMILES string of the molecule is CCCCCCCO/N=C/c1c2c(O)c3c(O)c(C)c4c(c3c1O)C(=O)[C@@](C)(O/C=C/[C@H](OC)[C@@H](C)[C@@H](OC(C)=O)[C@H](C)[C@H](O)[C@H](C)[C@@H](O)[C@@H](C)/C=C/C=C(\C)C(=O)N2)O4. The van der Waals surface area contributed by atoms with Crippen molar-refractivity contribution in [3.63, 3.8) is 0 Å². The van der Waals surface area contributed by atoms with E-state index >= 15 is 0 Å².